The molecule has 0 aliphatic carbocycles. The van der Waals surface area contributed by atoms with Gasteiger partial charge in [0.1, 0.15) is 0 Å². The van der Waals surface area contributed by atoms with Crippen LogP contribution >= 0.6 is 9.42 Å². The van der Waals surface area contributed by atoms with E-state index in [4.69, 9.17) is 4.98 Å². The van der Waals surface area contributed by atoms with Crippen molar-refractivity contribution in [3.05, 3.63) is 73.8 Å². The third-order valence-electron chi connectivity index (χ3n) is 4.05. The van der Waals surface area contributed by atoms with Gasteiger partial charge in [0.2, 0.25) is 12.7 Å². The molecule has 0 bridgehead atoms. The van der Waals surface area contributed by atoms with Crippen LogP contribution < -0.4 is 15.0 Å². The summed E-state index contributed by atoms with van der Waals surface area (Å²) in [6, 6.07) is 12.4. The Balaban J connectivity index is 0.000000758. The van der Waals surface area contributed by atoms with Gasteiger partial charge in [0.05, 0.1) is 0 Å². The Labute approximate surface area is 159 Å². The van der Waals surface area contributed by atoms with E-state index in [1.54, 1.807) is 18.8 Å². The quantitative estimate of drug-likeness (QED) is 0.325. The van der Waals surface area contributed by atoms with Crippen molar-refractivity contribution >= 4 is 31.2 Å². The van der Waals surface area contributed by atoms with Gasteiger partial charge in [0.25, 0.3) is 0 Å². The number of aromatic nitrogens is 5. The van der Waals surface area contributed by atoms with Crippen LogP contribution in [0.3, 0.4) is 0 Å². The molecule has 3 heterocycles. The van der Waals surface area contributed by atoms with E-state index in [0.29, 0.717) is 0 Å². The van der Waals surface area contributed by atoms with E-state index in [0.717, 1.165) is 33.2 Å². The molecule has 3 aromatic heterocycles. The number of nitrogens with one attached hydrogen (secondary N) is 2. The summed E-state index contributed by atoms with van der Waals surface area (Å²) in [5.74, 6) is 0. The molecule has 0 saturated heterocycles. The Morgan fingerprint density at radius 3 is 1.68 bits per heavy atom. The molecule has 2 aromatic carbocycles. The topological polar surface area (TPSA) is 52.2 Å². The van der Waals surface area contributed by atoms with Gasteiger partial charge in [-0.3, -0.25) is 0 Å². The van der Waals surface area contributed by atoms with E-state index in [1.807, 2.05) is 46.1 Å². The summed E-state index contributed by atoms with van der Waals surface area (Å²) in [5.41, 5.74) is 3.95. The van der Waals surface area contributed by atoms with Crippen LogP contribution in [-0.4, -0.2) is 9.13 Å². The molecule has 0 unspecified atom stereocenters. The van der Waals surface area contributed by atoms with E-state index in [1.165, 1.54) is 0 Å². The second kappa shape index (κ2) is 6.87. The van der Waals surface area contributed by atoms with Gasteiger partial charge in [-0.15, -0.1) is 11.0 Å². The molecule has 0 spiro atoms. The Hall–Kier alpha value is -2.36. The van der Waals surface area contributed by atoms with Crippen molar-refractivity contribution in [2.24, 2.45) is 0 Å². The van der Waals surface area contributed by atoms with Crippen molar-refractivity contribution < 1.29 is 28.7 Å². The van der Waals surface area contributed by atoms with E-state index in [-0.39, 0.29) is 0 Å². The van der Waals surface area contributed by atoms with E-state index < -0.39 is 0 Å². The van der Waals surface area contributed by atoms with Crippen LogP contribution in [0.25, 0.3) is 33.2 Å². The van der Waals surface area contributed by atoms with Gasteiger partial charge in [0, 0.05) is 36.2 Å². The maximum Gasteiger partial charge on any atom is 0.241 e. The Morgan fingerprint density at radius 1 is 0.800 bits per heavy atom. The predicted molar refractivity (Wildman–Crippen MR) is 90.1 cm³/mol. The van der Waals surface area contributed by atoms with E-state index in [9.17, 15) is 0 Å². The van der Waals surface area contributed by atoms with Gasteiger partial charge in [-0.05, 0) is 10.8 Å². The van der Waals surface area contributed by atoms with Crippen LogP contribution in [0.15, 0.2) is 61.2 Å². The number of rotatable bonds is 2. The molecule has 7 heteroatoms. The van der Waals surface area contributed by atoms with Gasteiger partial charge in [-0.2, -0.15) is 0 Å². The molecule has 2 N–H and O–H groups in total. The number of aromatic amines is 2. The number of H-pyrrole nitrogens is 2. The summed E-state index contributed by atoms with van der Waals surface area (Å²) in [6.07, 6.45) is 13.7. The van der Waals surface area contributed by atoms with Gasteiger partial charge in [-0.1, -0.05) is 36.4 Å². The normalized spacial score (nSPS) is 10.8. The zero-order chi connectivity index (χ0) is 17.2. The minimum absolute atomic E-state index is 0.965. The average molecular weight is 529 g/mol. The molecular formula is C18H12ClN5Pt-. The maximum atomic E-state index is 4.92. The largest absolute Gasteiger partial charge is 0.666 e. The summed E-state index contributed by atoms with van der Waals surface area (Å²) in [7, 11) is 4.61. The summed E-state index contributed by atoms with van der Waals surface area (Å²) in [6.45, 7) is 0. The fraction of sp³-hybridized carbons (Fsp3) is 0. The first-order valence-corrected chi connectivity index (χ1v) is 10.3. The molecular weight excluding hydrogens is 517 g/mol. The molecule has 0 atom stereocenters. The molecule has 25 heavy (non-hydrogen) atoms. The van der Waals surface area contributed by atoms with Gasteiger partial charge < -0.3 is 24.1 Å². The summed E-state index contributed by atoms with van der Waals surface area (Å²) >= 11 is 1.61. The molecule has 5 aromatic rings. The zero-order valence-electron chi connectivity index (χ0n) is 12.8. The van der Waals surface area contributed by atoms with E-state index in [2.05, 4.69) is 56.3 Å². The molecule has 127 valence electrons. The molecule has 0 aliphatic rings. The van der Waals surface area contributed by atoms with Gasteiger partial charge >= 0.3 is 28.2 Å². The summed E-state index contributed by atoms with van der Waals surface area (Å²) < 4.78 is 3.84. The predicted octanol–water partition coefficient (Wildman–Crippen LogP) is 2.45. The minimum Gasteiger partial charge on any atom is -0.666 e. The first kappa shape index (κ1) is 16.1. The van der Waals surface area contributed by atoms with Crippen LogP contribution in [-0.2, 0) is 18.8 Å². The molecule has 0 aliphatic heterocycles. The van der Waals surface area contributed by atoms with Crippen molar-refractivity contribution in [3.8, 4) is 11.4 Å². The maximum absolute atomic E-state index is 4.92. The number of benzene rings is 2. The van der Waals surface area contributed by atoms with Crippen molar-refractivity contribution in [3.63, 3.8) is 0 Å². The van der Waals surface area contributed by atoms with Crippen molar-refractivity contribution in [1.82, 2.24) is 14.1 Å². The van der Waals surface area contributed by atoms with Crippen LogP contribution in [0.4, 0.5) is 0 Å². The number of fused-ring (bicyclic) bond motifs is 3. The molecule has 0 amide bonds. The molecule has 5 rings (SSSR count). The first-order chi connectivity index (χ1) is 12.4. The van der Waals surface area contributed by atoms with Crippen LogP contribution in [0.5, 0.6) is 0 Å². The Morgan fingerprint density at radius 2 is 1.28 bits per heavy atom. The molecule has 0 fully saturated rings. The number of nitrogens with zero attached hydrogens (tertiary/aromatic N) is 3. The van der Waals surface area contributed by atoms with Crippen LogP contribution in [0.1, 0.15) is 0 Å². The Bertz CT molecular complexity index is 1020. The smallest absolute Gasteiger partial charge is 0.241 e. The van der Waals surface area contributed by atoms with Gasteiger partial charge in [-0.25, -0.2) is 0 Å². The molecule has 0 radical (unpaired) electrons. The third kappa shape index (κ3) is 2.70. The monoisotopic (exact) mass is 528 g/mol. The average Bonchev–Trinajstić information content (AvgIpc) is 3.42. The van der Waals surface area contributed by atoms with Crippen LogP contribution in [0, 0.1) is 12.7 Å². The molecule has 0 saturated carbocycles. The van der Waals surface area contributed by atoms with Crippen molar-refractivity contribution in [2.45, 2.75) is 0 Å². The summed E-state index contributed by atoms with van der Waals surface area (Å²) in [4.78, 5) is 10.8. The number of halogens is 1. The summed E-state index contributed by atoms with van der Waals surface area (Å²) in [5, 5.41) is 2.27. The van der Waals surface area contributed by atoms with Crippen LogP contribution in [0.2, 0.25) is 0 Å². The SMILES string of the molecule is [Cl][Pt].[c-]1[nH+]ccn1-c1cccc2c1[n-]c1c(-n3[c-][nH+]cc3)cccc12. The number of para-hydroxylation sites is 2. The molecule has 5 nitrogen and oxygen atoms in total. The second-order valence-electron chi connectivity index (χ2n) is 5.34. The standard InChI is InChI=1S/C18H12N5.ClH.Pt/c1-3-13-14-4-2-6-16(23-10-8-20-12-23)18(14)21-17(13)15(5-1)22-9-7-19-11-22;;/h1-10,19-20H;1H;/q-1;;+1/p-1. The zero-order valence-corrected chi connectivity index (χ0v) is 15.8. The first-order valence-electron chi connectivity index (χ1n) is 7.46. The third-order valence-corrected chi connectivity index (χ3v) is 4.05. The fourth-order valence-corrected chi connectivity index (χ4v) is 3.03. The minimum atomic E-state index is 0.965. The van der Waals surface area contributed by atoms with Crippen molar-refractivity contribution in [2.75, 3.05) is 0 Å². The van der Waals surface area contributed by atoms with Crippen molar-refractivity contribution in [1.29, 1.82) is 0 Å². The fourth-order valence-electron chi connectivity index (χ4n) is 3.03. The number of imidazole rings is 2. The number of hydrogen-bond acceptors (Lipinski definition) is 0. The van der Waals surface area contributed by atoms with Gasteiger partial charge in [0.15, 0.2) is 0 Å². The van der Waals surface area contributed by atoms with E-state index >= 15 is 0 Å². The Kier molecular flexibility index (Phi) is 4.43. The second-order valence-corrected chi connectivity index (χ2v) is 5.34. The number of hydrogen-bond donors (Lipinski definition) is 0.